The van der Waals surface area contributed by atoms with Crippen molar-refractivity contribution in [2.45, 2.75) is 5.41 Å². The number of para-hydroxylation sites is 1. The van der Waals surface area contributed by atoms with E-state index in [1.165, 1.54) is 53.8 Å². The second kappa shape index (κ2) is 7.31. The molecule has 0 saturated carbocycles. The van der Waals surface area contributed by atoms with Gasteiger partial charge in [0.2, 0.25) is 0 Å². The molecule has 0 radical (unpaired) electrons. The minimum atomic E-state index is -0.397. The minimum absolute atomic E-state index is 0.397. The summed E-state index contributed by atoms with van der Waals surface area (Å²) >= 11 is 1.89. The Bertz CT molecular complexity index is 1620. The van der Waals surface area contributed by atoms with E-state index in [9.17, 15) is 0 Å². The Morgan fingerprint density at radius 1 is 0.529 bits per heavy atom. The van der Waals surface area contributed by atoms with Crippen LogP contribution in [-0.4, -0.2) is 7.05 Å². The first-order chi connectivity index (χ1) is 16.8. The number of hydrogen-bond acceptors (Lipinski definition) is 2. The molecule has 2 heteroatoms. The van der Waals surface area contributed by atoms with Crippen molar-refractivity contribution in [3.8, 4) is 0 Å². The maximum Gasteiger partial charge on any atom is 0.0742 e. The fraction of sp³-hybridized carbons (Fsp3) is 0.0625. The third-order valence-electron chi connectivity index (χ3n) is 7.34. The molecule has 0 amide bonds. The molecule has 5 aromatic carbocycles. The maximum absolute atomic E-state index is 2.46. The van der Waals surface area contributed by atoms with E-state index in [0.29, 0.717) is 0 Å². The van der Waals surface area contributed by atoms with Crippen LogP contribution in [0.5, 0.6) is 0 Å². The van der Waals surface area contributed by atoms with Crippen LogP contribution >= 0.6 is 11.3 Å². The molecule has 0 spiro atoms. The highest BCUT2D eigenvalue weighted by molar-refractivity contribution is 7.25. The maximum atomic E-state index is 2.46. The average Bonchev–Trinajstić information content (AvgIpc) is 3.27. The van der Waals surface area contributed by atoms with Crippen LogP contribution in [0.2, 0.25) is 0 Å². The molecule has 1 aliphatic rings. The van der Waals surface area contributed by atoms with Crippen LogP contribution in [0.25, 0.3) is 20.2 Å². The summed E-state index contributed by atoms with van der Waals surface area (Å²) in [5.74, 6) is 0. The van der Waals surface area contributed by atoms with E-state index in [2.05, 4.69) is 133 Å². The van der Waals surface area contributed by atoms with Crippen molar-refractivity contribution < 1.29 is 0 Å². The Kier molecular flexibility index (Phi) is 4.21. The van der Waals surface area contributed by atoms with Gasteiger partial charge in [-0.25, -0.2) is 0 Å². The average molecular weight is 454 g/mol. The first kappa shape index (κ1) is 19.6. The molecule has 34 heavy (non-hydrogen) atoms. The number of thiophene rings is 1. The molecule has 0 N–H and O–H groups in total. The molecule has 2 heterocycles. The highest BCUT2D eigenvalue weighted by Crippen LogP contribution is 2.56. The molecule has 1 aromatic heterocycles. The summed E-state index contributed by atoms with van der Waals surface area (Å²) < 4.78 is 2.68. The van der Waals surface area contributed by atoms with Crippen molar-refractivity contribution in [3.05, 3.63) is 144 Å². The Morgan fingerprint density at radius 3 is 1.88 bits per heavy atom. The number of hydrogen-bond donors (Lipinski definition) is 0. The van der Waals surface area contributed by atoms with Gasteiger partial charge in [0, 0.05) is 38.6 Å². The van der Waals surface area contributed by atoms with E-state index in [1.807, 2.05) is 11.3 Å². The van der Waals surface area contributed by atoms with Crippen LogP contribution < -0.4 is 4.90 Å². The molecule has 6 aromatic rings. The zero-order chi connectivity index (χ0) is 22.7. The normalized spacial score (nSPS) is 14.2. The molecule has 0 fully saturated rings. The van der Waals surface area contributed by atoms with Crippen molar-refractivity contribution >= 4 is 42.9 Å². The summed E-state index contributed by atoms with van der Waals surface area (Å²) in [4.78, 5) is 2.38. The van der Waals surface area contributed by atoms with Gasteiger partial charge in [-0.15, -0.1) is 11.3 Å². The van der Waals surface area contributed by atoms with Crippen molar-refractivity contribution in [1.29, 1.82) is 0 Å². The number of fused-ring (bicyclic) bond motifs is 5. The van der Waals surface area contributed by atoms with E-state index >= 15 is 0 Å². The summed E-state index contributed by atoms with van der Waals surface area (Å²) in [5.41, 5.74) is 7.37. The van der Waals surface area contributed by atoms with E-state index in [1.54, 1.807) is 0 Å². The molecule has 0 aliphatic carbocycles. The molecule has 1 aliphatic heterocycles. The standard InChI is InChI=1S/C32H23NS/c1-33-28-18-10-9-17-26(28)32(22-12-4-2-5-13-22,23-14-6-3-7-15-23)27-21-31-25(20-29(27)33)24-16-8-11-19-30(24)34-31/h2-21H,1H3. The fourth-order valence-corrected chi connectivity index (χ4v) is 6.99. The number of anilines is 2. The molecule has 162 valence electrons. The smallest absolute Gasteiger partial charge is 0.0742 e. The second-order valence-electron chi connectivity index (χ2n) is 9.02. The monoisotopic (exact) mass is 453 g/mol. The molecular formula is C32H23NS. The third-order valence-corrected chi connectivity index (χ3v) is 8.48. The Morgan fingerprint density at radius 2 is 1.15 bits per heavy atom. The zero-order valence-corrected chi connectivity index (χ0v) is 19.7. The predicted molar refractivity (Wildman–Crippen MR) is 146 cm³/mol. The van der Waals surface area contributed by atoms with Gasteiger partial charge in [-0.1, -0.05) is 97.1 Å². The predicted octanol–water partition coefficient (Wildman–Crippen LogP) is 8.52. The molecule has 0 saturated heterocycles. The lowest BCUT2D eigenvalue weighted by molar-refractivity contribution is 0.729. The van der Waals surface area contributed by atoms with Crippen molar-refractivity contribution in [2.24, 2.45) is 0 Å². The Labute approximate surface area is 203 Å². The zero-order valence-electron chi connectivity index (χ0n) is 18.9. The largest absolute Gasteiger partial charge is 0.344 e. The van der Waals surface area contributed by atoms with Gasteiger partial charge in [0.05, 0.1) is 5.41 Å². The van der Waals surface area contributed by atoms with E-state index < -0.39 is 5.41 Å². The van der Waals surface area contributed by atoms with Crippen LogP contribution in [0.4, 0.5) is 11.4 Å². The summed E-state index contributed by atoms with van der Waals surface area (Å²) in [5, 5.41) is 2.67. The lowest BCUT2D eigenvalue weighted by Crippen LogP contribution is -2.37. The lowest BCUT2D eigenvalue weighted by atomic mass is 9.62. The first-order valence-corrected chi connectivity index (χ1v) is 12.5. The van der Waals surface area contributed by atoms with Crippen molar-refractivity contribution in [3.63, 3.8) is 0 Å². The first-order valence-electron chi connectivity index (χ1n) is 11.7. The van der Waals surface area contributed by atoms with E-state index in [4.69, 9.17) is 0 Å². The molecule has 0 unspecified atom stereocenters. The number of benzene rings is 5. The van der Waals surface area contributed by atoms with Crippen molar-refractivity contribution in [1.82, 2.24) is 0 Å². The van der Waals surface area contributed by atoms with Crippen LogP contribution in [-0.2, 0) is 5.41 Å². The summed E-state index contributed by atoms with van der Waals surface area (Å²) in [6.45, 7) is 0. The lowest BCUT2D eigenvalue weighted by Gasteiger charge is -2.45. The van der Waals surface area contributed by atoms with Crippen LogP contribution in [0, 0.1) is 0 Å². The molecule has 1 nitrogen and oxygen atoms in total. The molecule has 7 rings (SSSR count). The van der Waals surface area contributed by atoms with Gasteiger partial charge in [0.25, 0.3) is 0 Å². The van der Waals surface area contributed by atoms with Gasteiger partial charge in [0.15, 0.2) is 0 Å². The van der Waals surface area contributed by atoms with Crippen molar-refractivity contribution in [2.75, 3.05) is 11.9 Å². The van der Waals surface area contributed by atoms with Crippen LogP contribution in [0.3, 0.4) is 0 Å². The number of rotatable bonds is 2. The third kappa shape index (κ3) is 2.55. The highest BCUT2D eigenvalue weighted by Gasteiger charge is 2.45. The topological polar surface area (TPSA) is 3.24 Å². The second-order valence-corrected chi connectivity index (χ2v) is 10.1. The van der Waals surface area contributed by atoms with Crippen LogP contribution in [0.15, 0.2) is 121 Å². The van der Waals surface area contributed by atoms with Gasteiger partial charge in [-0.2, -0.15) is 0 Å². The number of nitrogens with zero attached hydrogens (tertiary/aromatic N) is 1. The quantitative estimate of drug-likeness (QED) is 0.254. The summed E-state index contributed by atoms with van der Waals surface area (Å²) in [7, 11) is 2.21. The summed E-state index contributed by atoms with van der Waals surface area (Å²) in [6, 6.07) is 44.6. The van der Waals surface area contributed by atoms with Gasteiger partial charge in [0.1, 0.15) is 0 Å². The SMILES string of the molecule is CN1c2ccccc2C(c2ccccc2)(c2ccccc2)c2cc3sc4ccccc4c3cc21. The summed E-state index contributed by atoms with van der Waals surface area (Å²) in [6.07, 6.45) is 0. The minimum Gasteiger partial charge on any atom is -0.344 e. The van der Waals surface area contributed by atoms with E-state index in [0.717, 1.165) is 0 Å². The molecule has 0 atom stereocenters. The van der Waals surface area contributed by atoms with Gasteiger partial charge in [-0.3, -0.25) is 0 Å². The molecule has 0 bridgehead atoms. The highest BCUT2D eigenvalue weighted by atomic mass is 32.1. The Hall–Kier alpha value is -3.88. The van der Waals surface area contributed by atoms with Gasteiger partial charge < -0.3 is 4.90 Å². The Balaban J connectivity index is 1.69. The van der Waals surface area contributed by atoms with E-state index in [-0.39, 0.29) is 0 Å². The fourth-order valence-electron chi connectivity index (χ4n) is 5.86. The molecular weight excluding hydrogens is 430 g/mol. The van der Waals surface area contributed by atoms with Gasteiger partial charge in [-0.05, 0) is 46.5 Å². The van der Waals surface area contributed by atoms with Crippen LogP contribution in [0.1, 0.15) is 22.3 Å². The van der Waals surface area contributed by atoms with Gasteiger partial charge >= 0.3 is 0 Å².